The zero-order valence-electron chi connectivity index (χ0n) is 10.1. The number of aryl methyl sites for hydroxylation is 2. The van der Waals surface area contributed by atoms with Crippen LogP contribution in [0.3, 0.4) is 0 Å². The van der Waals surface area contributed by atoms with Crippen molar-refractivity contribution in [2.75, 3.05) is 13.1 Å². The number of hydrogen-bond acceptors (Lipinski definition) is 4. The van der Waals surface area contributed by atoms with Gasteiger partial charge in [-0.15, -0.1) is 0 Å². The van der Waals surface area contributed by atoms with Gasteiger partial charge in [-0.1, -0.05) is 0 Å². The van der Waals surface area contributed by atoms with E-state index in [-0.39, 0.29) is 6.04 Å². The van der Waals surface area contributed by atoms with E-state index >= 15 is 0 Å². The van der Waals surface area contributed by atoms with Crippen LogP contribution in [-0.4, -0.2) is 42.1 Å². The second kappa shape index (κ2) is 4.40. The van der Waals surface area contributed by atoms with Crippen LogP contribution in [0.15, 0.2) is 4.90 Å². The fourth-order valence-corrected chi connectivity index (χ4v) is 4.11. The van der Waals surface area contributed by atoms with Crippen molar-refractivity contribution in [1.29, 1.82) is 0 Å². The largest absolute Gasteiger partial charge is 0.327 e. The topological polar surface area (TPSA) is 92.1 Å². The molecule has 96 valence electrons. The van der Waals surface area contributed by atoms with E-state index in [1.807, 2.05) is 0 Å². The van der Waals surface area contributed by atoms with Gasteiger partial charge >= 0.3 is 0 Å². The summed E-state index contributed by atoms with van der Waals surface area (Å²) >= 11 is 0. The molecule has 1 aromatic rings. The van der Waals surface area contributed by atoms with Gasteiger partial charge in [-0.3, -0.25) is 5.10 Å². The van der Waals surface area contributed by atoms with Crippen molar-refractivity contribution in [3.63, 3.8) is 0 Å². The lowest BCUT2D eigenvalue weighted by Crippen LogP contribution is -2.45. The molecule has 7 heteroatoms. The van der Waals surface area contributed by atoms with E-state index in [1.165, 1.54) is 4.31 Å². The molecule has 17 heavy (non-hydrogen) atoms. The second-order valence-corrected chi connectivity index (χ2v) is 6.40. The molecule has 0 bridgehead atoms. The number of H-pyrrole nitrogens is 1. The van der Waals surface area contributed by atoms with Crippen LogP contribution in [0.2, 0.25) is 0 Å². The molecule has 2 heterocycles. The summed E-state index contributed by atoms with van der Waals surface area (Å²) in [5, 5.41) is 6.64. The highest BCUT2D eigenvalue weighted by Gasteiger charge is 2.32. The lowest BCUT2D eigenvalue weighted by molar-refractivity contribution is 0.316. The Morgan fingerprint density at radius 1 is 1.47 bits per heavy atom. The maximum absolute atomic E-state index is 12.4. The first kappa shape index (κ1) is 12.5. The number of rotatable bonds is 2. The van der Waals surface area contributed by atoms with E-state index in [2.05, 4.69) is 10.2 Å². The summed E-state index contributed by atoms with van der Waals surface area (Å²) in [7, 11) is -3.45. The third-order valence-electron chi connectivity index (χ3n) is 3.08. The van der Waals surface area contributed by atoms with Crippen molar-refractivity contribution in [3.8, 4) is 0 Å². The molecule has 2 rings (SSSR count). The molecule has 1 unspecified atom stereocenters. The highest BCUT2D eigenvalue weighted by molar-refractivity contribution is 7.89. The number of nitrogens with one attached hydrogen (secondary N) is 1. The molecule has 0 spiro atoms. The van der Waals surface area contributed by atoms with Crippen LogP contribution in [-0.2, 0) is 10.0 Å². The van der Waals surface area contributed by atoms with Gasteiger partial charge in [-0.05, 0) is 26.7 Å². The summed E-state index contributed by atoms with van der Waals surface area (Å²) in [6.45, 7) is 4.35. The van der Waals surface area contributed by atoms with Crippen molar-refractivity contribution < 1.29 is 8.42 Å². The molecule has 1 aromatic heterocycles. The Balaban J connectivity index is 2.36. The van der Waals surface area contributed by atoms with Gasteiger partial charge < -0.3 is 5.73 Å². The average Bonchev–Trinajstić information content (AvgIpc) is 2.59. The highest BCUT2D eigenvalue weighted by Crippen LogP contribution is 2.24. The van der Waals surface area contributed by atoms with Crippen LogP contribution in [0.1, 0.15) is 24.2 Å². The average molecular weight is 258 g/mol. The smallest absolute Gasteiger partial charge is 0.246 e. The lowest BCUT2D eigenvalue weighted by atomic mass is 10.1. The molecule has 0 radical (unpaired) electrons. The number of sulfonamides is 1. The van der Waals surface area contributed by atoms with Gasteiger partial charge in [0.25, 0.3) is 0 Å². The van der Waals surface area contributed by atoms with Crippen molar-refractivity contribution >= 4 is 10.0 Å². The Bertz CT molecular complexity index is 489. The lowest BCUT2D eigenvalue weighted by Gasteiger charge is -2.29. The van der Waals surface area contributed by atoms with Crippen molar-refractivity contribution in [2.45, 2.75) is 37.6 Å². The van der Waals surface area contributed by atoms with Crippen molar-refractivity contribution in [1.82, 2.24) is 14.5 Å². The van der Waals surface area contributed by atoms with Crippen LogP contribution >= 0.6 is 0 Å². The number of hydrogen-bond donors (Lipinski definition) is 2. The fourth-order valence-electron chi connectivity index (χ4n) is 2.24. The Labute approximate surface area is 101 Å². The van der Waals surface area contributed by atoms with Gasteiger partial charge in [0.15, 0.2) is 0 Å². The molecule has 1 aliphatic heterocycles. The summed E-state index contributed by atoms with van der Waals surface area (Å²) in [5.74, 6) is 0. The molecule has 1 saturated heterocycles. The molecule has 3 N–H and O–H groups in total. The first-order valence-electron chi connectivity index (χ1n) is 5.70. The summed E-state index contributed by atoms with van der Waals surface area (Å²) in [6, 6.07) is -0.0639. The van der Waals surface area contributed by atoms with E-state index in [4.69, 9.17) is 5.73 Å². The Morgan fingerprint density at radius 2 is 2.18 bits per heavy atom. The monoisotopic (exact) mass is 258 g/mol. The Kier molecular flexibility index (Phi) is 3.24. The van der Waals surface area contributed by atoms with Gasteiger partial charge in [0.2, 0.25) is 10.0 Å². The minimum atomic E-state index is -3.45. The molecular formula is C10H18N4O2S. The van der Waals surface area contributed by atoms with Crippen molar-refractivity contribution in [3.05, 3.63) is 11.4 Å². The van der Waals surface area contributed by atoms with E-state index < -0.39 is 10.0 Å². The number of nitrogens with two attached hydrogens (primary N) is 1. The maximum atomic E-state index is 12.4. The molecule has 1 fully saturated rings. The third-order valence-corrected chi connectivity index (χ3v) is 5.21. The highest BCUT2D eigenvalue weighted by atomic mass is 32.2. The van der Waals surface area contributed by atoms with Crippen LogP contribution < -0.4 is 5.73 Å². The SMILES string of the molecule is Cc1n[nH]c(C)c1S(=O)(=O)N1CCCC(N)C1. The predicted octanol–water partition coefficient (Wildman–Crippen LogP) is 0.138. The molecule has 0 aliphatic carbocycles. The molecule has 0 amide bonds. The number of nitrogens with zero attached hydrogens (tertiary/aromatic N) is 2. The standard InChI is InChI=1S/C10H18N4O2S/c1-7-10(8(2)13-12-7)17(15,16)14-5-3-4-9(11)6-14/h9H,3-6,11H2,1-2H3,(H,12,13). The normalized spacial score (nSPS) is 22.9. The zero-order valence-corrected chi connectivity index (χ0v) is 10.9. The molecule has 0 aromatic carbocycles. The van der Waals surface area contributed by atoms with E-state index in [0.29, 0.717) is 29.4 Å². The second-order valence-electron chi connectivity index (χ2n) is 4.53. The maximum Gasteiger partial charge on any atom is 0.246 e. The number of piperidine rings is 1. The summed E-state index contributed by atoms with van der Waals surface area (Å²) in [6.07, 6.45) is 1.70. The summed E-state index contributed by atoms with van der Waals surface area (Å²) in [5.41, 5.74) is 6.92. The minimum absolute atomic E-state index is 0.0639. The number of aromatic amines is 1. The van der Waals surface area contributed by atoms with Crippen LogP contribution in [0.4, 0.5) is 0 Å². The Hall–Kier alpha value is -0.920. The van der Waals surface area contributed by atoms with Gasteiger partial charge in [-0.2, -0.15) is 9.40 Å². The van der Waals surface area contributed by atoms with E-state index in [0.717, 1.165) is 12.8 Å². The van der Waals surface area contributed by atoms with Gasteiger partial charge in [0.1, 0.15) is 4.90 Å². The quantitative estimate of drug-likeness (QED) is 0.789. The first-order chi connectivity index (χ1) is 7.93. The molecular weight excluding hydrogens is 240 g/mol. The molecule has 1 aliphatic rings. The minimum Gasteiger partial charge on any atom is -0.327 e. The summed E-state index contributed by atoms with van der Waals surface area (Å²) in [4.78, 5) is 0.298. The summed E-state index contributed by atoms with van der Waals surface area (Å²) < 4.78 is 26.4. The molecule has 6 nitrogen and oxygen atoms in total. The molecule has 1 atom stereocenters. The van der Waals surface area contributed by atoms with E-state index in [9.17, 15) is 8.42 Å². The predicted molar refractivity (Wildman–Crippen MR) is 64.0 cm³/mol. The van der Waals surface area contributed by atoms with Crippen molar-refractivity contribution in [2.24, 2.45) is 5.73 Å². The van der Waals surface area contributed by atoms with Gasteiger partial charge in [0.05, 0.1) is 11.4 Å². The van der Waals surface area contributed by atoms with Gasteiger partial charge in [-0.25, -0.2) is 8.42 Å². The molecule has 0 saturated carbocycles. The number of aromatic nitrogens is 2. The Morgan fingerprint density at radius 3 is 2.71 bits per heavy atom. The van der Waals surface area contributed by atoms with Gasteiger partial charge in [0, 0.05) is 19.1 Å². The van der Waals surface area contributed by atoms with Crippen LogP contribution in [0.25, 0.3) is 0 Å². The van der Waals surface area contributed by atoms with Crippen LogP contribution in [0, 0.1) is 13.8 Å². The van der Waals surface area contributed by atoms with E-state index in [1.54, 1.807) is 13.8 Å². The first-order valence-corrected chi connectivity index (χ1v) is 7.14. The fraction of sp³-hybridized carbons (Fsp3) is 0.700. The third kappa shape index (κ3) is 2.22. The van der Waals surface area contributed by atoms with Crippen LogP contribution in [0.5, 0.6) is 0 Å². The zero-order chi connectivity index (χ0) is 12.6.